The van der Waals surface area contributed by atoms with Crippen LogP contribution in [0.2, 0.25) is 0 Å². The van der Waals surface area contributed by atoms with Gasteiger partial charge in [0, 0.05) is 12.6 Å². The molecule has 0 saturated carbocycles. The normalized spacial score (nSPS) is 10.3. The molecule has 4 heteroatoms. The van der Waals surface area contributed by atoms with Crippen LogP contribution in [0.1, 0.15) is 5.56 Å². The van der Waals surface area contributed by atoms with E-state index in [0.29, 0.717) is 11.4 Å². The number of aryl methyl sites for hydroxylation is 1. The molecule has 0 atom stereocenters. The van der Waals surface area contributed by atoms with Gasteiger partial charge in [-0.25, -0.2) is 4.68 Å². The number of benzene rings is 1. The van der Waals surface area contributed by atoms with Gasteiger partial charge in [-0.3, -0.25) is 0 Å². The topological polar surface area (TPSA) is 43.6 Å². The highest BCUT2D eigenvalue weighted by Crippen LogP contribution is 2.15. The van der Waals surface area contributed by atoms with Crippen LogP contribution in [0.4, 0.5) is 0 Å². The predicted octanol–water partition coefficient (Wildman–Crippen LogP) is 0.936. The van der Waals surface area contributed by atoms with E-state index in [-0.39, 0.29) is 0 Å². The summed E-state index contributed by atoms with van der Waals surface area (Å²) in [6, 6.07) is 7.46. The summed E-state index contributed by atoms with van der Waals surface area (Å²) in [4.78, 5) is 0. The molecule has 0 saturated heterocycles. The minimum absolute atomic E-state index is 0.709. The largest absolute Gasteiger partial charge is 0.229 e. The summed E-state index contributed by atoms with van der Waals surface area (Å²) in [6.07, 6.45) is 0. The summed E-state index contributed by atoms with van der Waals surface area (Å²) in [5.74, 6) is 0.715. The minimum atomic E-state index is 0.709. The van der Waals surface area contributed by atoms with Crippen molar-refractivity contribution >= 4 is 0 Å². The van der Waals surface area contributed by atoms with E-state index in [1.807, 2.05) is 24.3 Å². The smallest absolute Gasteiger partial charge is 0.181 e. The molecule has 13 heavy (non-hydrogen) atoms. The van der Waals surface area contributed by atoms with Crippen LogP contribution in [0.15, 0.2) is 24.3 Å². The van der Waals surface area contributed by atoms with Crippen LogP contribution in [0.25, 0.3) is 11.4 Å². The average Bonchev–Trinajstić information content (AvgIpc) is 2.51. The lowest BCUT2D eigenvalue weighted by molar-refractivity contribution is 0.714. The Bertz CT molecular complexity index is 419. The van der Waals surface area contributed by atoms with Gasteiger partial charge in [-0.2, -0.15) is 0 Å². The predicted molar refractivity (Wildman–Crippen MR) is 47.6 cm³/mol. The molecule has 2 aromatic rings. The maximum atomic E-state index is 5.64. The summed E-state index contributed by atoms with van der Waals surface area (Å²) >= 11 is 0. The number of aromatic nitrogens is 4. The van der Waals surface area contributed by atoms with Crippen molar-refractivity contribution in [3.8, 4) is 11.4 Å². The fourth-order valence-corrected chi connectivity index (χ4v) is 1.15. The molecular weight excluding hydrogens is 164 g/mol. The first-order valence-electron chi connectivity index (χ1n) is 3.85. The molecule has 1 aromatic heterocycles. The van der Waals surface area contributed by atoms with Gasteiger partial charge in [-0.05, 0) is 29.0 Å². The van der Waals surface area contributed by atoms with E-state index in [2.05, 4.69) is 15.5 Å². The zero-order chi connectivity index (χ0) is 9.26. The lowest BCUT2D eigenvalue weighted by atomic mass is 10.1. The highest BCUT2D eigenvalue weighted by atomic mass is 15.5. The van der Waals surface area contributed by atoms with Crippen molar-refractivity contribution in [2.75, 3.05) is 0 Å². The maximum absolute atomic E-state index is 5.64. The third-order valence-electron chi connectivity index (χ3n) is 1.76. The molecule has 1 heterocycles. The van der Waals surface area contributed by atoms with E-state index in [9.17, 15) is 0 Å². The molecule has 0 N–H and O–H groups in total. The third-order valence-corrected chi connectivity index (χ3v) is 1.76. The van der Waals surface area contributed by atoms with Gasteiger partial charge in [0.1, 0.15) is 0 Å². The van der Waals surface area contributed by atoms with Crippen molar-refractivity contribution in [3.05, 3.63) is 36.8 Å². The van der Waals surface area contributed by atoms with Crippen LogP contribution in [0.3, 0.4) is 0 Å². The Morgan fingerprint density at radius 3 is 2.85 bits per heavy atom. The summed E-state index contributed by atoms with van der Waals surface area (Å²) in [6.45, 7) is 5.64. The van der Waals surface area contributed by atoms with Gasteiger partial charge in [0.05, 0.1) is 0 Å². The number of rotatable bonds is 1. The van der Waals surface area contributed by atoms with E-state index in [0.717, 1.165) is 5.56 Å². The summed E-state index contributed by atoms with van der Waals surface area (Å²) in [5, 5.41) is 11.2. The highest BCUT2D eigenvalue weighted by molar-refractivity contribution is 5.55. The molecule has 1 aromatic carbocycles. The van der Waals surface area contributed by atoms with Crippen LogP contribution in [-0.4, -0.2) is 20.2 Å². The lowest BCUT2D eigenvalue weighted by Gasteiger charge is -1.98. The molecular formula is C9H8N4. The second-order valence-electron chi connectivity index (χ2n) is 2.75. The number of tetrazole rings is 1. The highest BCUT2D eigenvalue weighted by Gasteiger charge is 2.04. The van der Waals surface area contributed by atoms with Crippen molar-refractivity contribution in [1.29, 1.82) is 0 Å². The van der Waals surface area contributed by atoms with Gasteiger partial charge in [0.25, 0.3) is 0 Å². The summed E-state index contributed by atoms with van der Waals surface area (Å²) < 4.78 is 1.61. The molecule has 2 radical (unpaired) electrons. The first kappa shape index (κ1) is 7.91. The first-order valence-corrected chi connectivity index (χ1v) is 3.85. The monoisotopic (exact) mass is 172 g/mol. The molecule has 0 aliphatic rings. The van der Waals surface area contributed by atoms with Gasteiger partial charge in [-0.15, -0.1) is 5.10 Å². The van der Waals surface area contributed by atoms with Gasteiger partial charge >= 0.3 is 0 Å². The van der Waals surface area contributed by atoms with Crippen molar-refractivity contribution in [2.24, 2.45) is 7.05 Å². The number of hydrogen-bond donors (Lipinski definition) is 0. The average molecular weight is 172 g/mol. The number of nitrogens with zero attached hydrogens (tertiary/aromatic N) is 4. The van der Waals surface area contributed by atoms with E-state index >= 15 is 0 Å². The maximum Gasteiger partial charge on any atom is 0.181 e. The molecule has 0 amide bonds. The lowest BCUT2D eigenvalue weighted by Crippen LogP contribution is -1.94. The zero-order valence-electron chi connectivity index (χ0n) is 7.18. The molecule has 0 aliphatic carbocycles. The summed E-state index contributed by atoms with van der Waals surface area (Å²) in [7, 11) is 1.79. The van der Waals surface area contributed by atoms with Gasteiger partial charge in [0.15, 0.2) is 5.82 Å². The SMILES string of the molecule is [CH]c1cccc(-c2nnnn2C)c1. The molecule has 2 rings (SSSR count). The molecule has 64 valence electrons. The minimum Gasteiger partial charge on any atom is -0.229 e. The Balaban J connectivity index is 2.53. The van der Waals surface area contributed by atoms with Crippen LogP contribution < -0.4 is 0 Å². The third kappa shape index (κ3) is 1.42. The van der Waals surface area contributed by atoms with Gasteiger partial charge < -0.3 is 0 Å². The van der Waals surface area contributed by atoms with Crippen LogP contribution in [0, 0.1) is 6.92 Å². The van der Waals surface area contributed by atoms with E-state index in [4.69, 9.17) is 6.92 Å². The van der Waals surface area contributed by atoms with Crippen LogP contribution in [0.5, 0.6) is 0 Å². The van der Waals surface area contributed by atoms with Crippen molar-refractivity contribution in [2.45, 2.75) is 0 Å². The molecule has 0 fully saturated rings. The Morgan fingerprint density at radius 2 is 2.23 bits per heavy atom. The Hall–Kier alpha value is -1.71. The number of hydrogen-bond acceptors (Lipinski definition) is 3. The fourth-order valence-electron chi connectivity index (χ4n) is 1.15. The first-order chi connectivity index (χ1) is 6.27. The second-order valence-corrected chi connectivity index (χ2v) is 2.75. The zero-order valence-corrected chi connectivity index (χ0v) is 7.18. The molecule has 0 unspecified atom stereocenters. The van der Waals surface area contributed by atoms with Crippen molar-refractivity contribution in [1.82, 2.24) is 20.2 Å². The Labute approximate surface area is 76.2 Å². The van der Waals surface area contributed by atoms with Crippen LogP contribution >= 0.6 is 0 Å². The summed E-state index contributed by atoms with van der Waals surface area (Å²) in [5.41, 5.74) is 1.63. The Kier molecular flexibility index (Phi) is 1.81. The Morgan fingerprint density at radius 1 is 1.38 bits per heavy atom. The molecule has 0 aliphatic heterocycles. The van der Waals surface area contributed by atoms with E-state index < -0.39 is 0 Å². The van der Waals surface area contributed by atoms with E-state index in [1.54, 1.807) is 11.7 Å². The van der Waals surface area contributed by atoms with Crippen LogP contribution in [-0.2, 0) is 7.05 Å². The standard InChI is InChI=1S/C9H8N4/c1-7-4-3-5-8(6-7)9-10-11-12-13(9)2/h1,3-6H,2H3. The second kappa shape index (κ2) is 2.97. The quantitative estimate of drug-likeness (QED) is 0.642. The van der Waals surface area contributed by atoms with Crippen molar-refractivity contribution < 1.29 is 0 Å². The molecule has 4 nitrogen and oxygen atoms in total. The molecule has 0 bridgehead atoms. The van der Waals surface area contributed by atoms with Gasteiger partial charge in [0.2, 0.25) is 0 Å². The van der Waals surface area contributed by atoms with Crippen molar-refractivity contribution in [3.63, 3.8) is 0 Å². The fraction of sp³-hybridized carbons (Fsp3) is 0.111. The van der Waals surface area contributed by atoms with Gasteiger partial charge in [-0.1, -0.05) is 18.2 Å². The van der Waals surface area contributed by atoms with E-state index in [1.165, 1.54) is 0 Å². The molecule has 0 spiro atoms.